The predicted octanol–water partition coefficient (Wildman–Crippen LogP) is 1.20. The molecule has 0 amide bonds. The Kier molecular flexibility index (Phi) is 5.35. The van der Waals surface area contributed by atoms with E-state index >= 15 is 0 Å². The molecule has 0 aliphatic carbocycles. The van der Waals surface area contributed by atoms with Crippen LogP contribution in [0.1, 0.15) is 13.8 Å². The molecule has 10 heavy (non-hydrogen) atoms. The van der Waals surface area contributed by atoms with Crippen molar-refractivity contribution < 1.29 is 9.90 Å². The third kappa shape index (κ3) is 5.85. The molecule has 0 bridgehead atoms. The van der Waals surface area contributed by atoms with E-state index in [0.29, 0.717) is 5.75 Å². The van der Waals surface area contributed by atoms with Gasteiger partial charge >= 0.3 is 0 Å². The molecule has 0 aromatic heterocycles. The van der Waals surface area contributed by atoms with Crippen LogP contribution in [0.25, 0.3) is 0 Å². The fraction of sp³-hybridized carbons (Fsp3) is 0.571. The number of hydrogen-bond acceptors (Lipinski definition) is 3. The number of aliphatic hydroxyl groups is 1. The first-order valence-corrected chi connectivity index (χ1v) is 4.05. The predicted molar refractivity (Wildman–Crippen MR) is 44.0 cm³/mol. The summed E-state index contributed by atoms with van der Waals surface area (Å²) in [5.41, 5.74) is 1.19. The van der Waals surface area contributed by atoms with Crippen molar-refractivity contribution in [2.24, 2.45) is 0 Å². The molecule has 0 unspecified atom stereocenters. The van der Waals surface area contributed by atoms with Crippen LogP contribution >= 0.6 is 11.8 Å². The first-order chi connectivity index (χ1) is 4.66. The maximum absolute atomic E-state index is 10.5. The van der Waals surface area contributed by atoms with Gasteiger partial charge in [0.05, 0.1) is 0 Å². The lowest BCUT2D eigenvalue weighted by atomic mass is 10.3. The SMILES string of the molecule is CC(C)=CCSC(=O)CO. The monoisotopic (exact) mass is 160 g/mol. The highest BCUT2D eigenvalue weighted by Gasteiger charge is 1.95. The van der Waals surface area contributed by atoms with Crippen molar-refractivity contribution in [3.8, 4) is 0 Å². The minimum absolute atomic E-state index is 0.169. The summed E-state index contributed by atoms with van der Waals surface area (Å²) in [6.07, 6.45) is 1.96. The van der Waals surface area contributed by atoms with Crippen molar-refractivity contribution in [3.63, 3.8) is 0 Å². The molecule has 0 saturated carbocycles. The van der Waals surface area contributed by atoms with Crippen LogP contribution in [0.2, 0.25) is 0 Å². The minimum atomic E-state index is -0.360. The number of hydrogen-bond donors (Lipinski definition) is 1. The standard InChI is InChI=1S/C7H12O2S/c1-6(2)3-4-10-7(9)5-8/h3,8H,4-5H2,1-2H3. The zero-order valence-electron chi connectivity index (χ0n) is 6.26. The van der Waals surface area contributed by atoms with Crippen LogP contribution in [-0.2, 0) is 4.79 Å². The number of aliphatic hydroxyl groups excluding tert-OH is 1. The third-order valence-electron chi connectivity index (χ3n) is 0.865. The van der Waals surface area contributed by atoms with Crippen molar-refractivity contribution in [2.75, 3.05) is 12.4 Å². The van der Waals surface area contributed by atoms with Gasteiger partial charge in [0.1, 0.15) is 6.61 Å². The number of carbonyl (C=O) groups is 1. The highest BCUT2D eigenvalue weighted by atomic mass is 32.2. The summed E-state index contributed by atoms with van der Waals surface area (Å²) in [4.78, 5) is 10.5. The quantitative estimate of drug-likeness (QED) is 0.630. The van der Waals surface area contributed by atoms with Crippen LogP contribution < -0.4 is 0 Å². The maximum Gasteiger partial charge on any atom is 0.214 e. The van der Waals surface area contributed by atoms with Gasteiger partial charge in [0.2, 0.25) is 5.12 Å². The maximum atomic E-state index is 10.5. The molecule has 3 heteroatoms. The Balaban J connectivity index is 3.37. The molecule has 0 radical (unpaired) electrons. The summed E-state index contributed by atoms with van der Waals surface area (Å²) in [5, 5.41) is 8.14. The molecule has 0 aromatic carbocycles. The molecule has 2 nitrogen and oxygen atoms in total. The van der Waals surface area contributed by atoms with E-state index in [-0.39, 0.29) is 11.7 Å². The summed E-state index contributed by atoms with van der Waals surface area (Å²) in [5.74, 6) is 0.668. The minimum Gasteiger partial charge on any atom is -0.388 e. The zero-order chi connectivity index (χ0) is 7.98. The molecule has 0 rings (SSSR count). The number of thioether (sulfide) groups is 1. The van der Waals surface area contributed by atoms with Gasteiger partial charge < -0.3 is 5.11 Å². The molecule has 0 saturated heterocycles. The fourth-order valence-corrected chi connectivity index (χ4v) is 1.04. The number of rotatable bonds is 3. The molecule has 0 atom stereocenters. The Morgan fingerprint density at radius 1 is 1.60 bits per heavy atom. The van der Waals surface area contributed by atoms with Gasteiger partial charge in [-0.1, -0.05) is 23.4 Å². The summed E-state index contributed by atoms with van der Waals surface area (Å²) in [6, 6.07) is 0. The second-order valence-corrected chi connectivity index (χ2v) is 3.20. The van der Waals surface area contributed by atoms with Gasteiger partial charge in [0.25, 0.3) is 0 Å². The molecule has 0 aromatic rings. The third-order valence-corrected chi connectivity index (χ3v) is 1.65. The van der Waals surface area contributed by atoms with Gasteiger partial charge in [-0.05, 0) is 13.8 Å². The van der Waals surface area contributed by atoms with E-state index in [0.717, 1.165) is 11.8 Å². The first-order valence-electron chi connectivity index (χ1n) is 3.06. The van der Waals surface area contributed by atoms with Crippen LogP contribution in [0.15, 0.2) is 11.6 Å². The van der Waals surface area contributed by atoms with E-state index in [4.69, 9.17) is 5.11 Å². The summed E-state index contributed by atoms with van der Waals surface area (Å²) < 4.78 is 0. The van der Waals surface area contributed by atoms with Gasteiger partial charge in [-0.2, -0.15) is 0 Å². The van der Waals surface area contributed by atoms with Crippen molar-refractivity contribution in [3.05, 3.63) is 11.6 Å². The van der Waals surface area contributed by atoms with Crippen molar-refractivity contribution >= 4 is 16.9 Å². The lowest BCUT2D eigenvalue weighted by Gasteiger charge is -1.91. The zero-order valence-corrected chi connectivity index (χ0v) is 7.07. The van der Waals surface area contributed by atoms with Crippen LogP contribution in [-0.4, -0.2) is 22.6 Å². The topological polar surface area (TPSA) is 37.3 Å². The van der Waals surface area contributed by atoms with Gasteiger partial charge in [-0.3, -0.25) is 4.79 Å². The lowest BCUT2D eigenvalue weighted by Crippen LogP contribution is -1.97. The van der Waals surface area contributed by atoms with Crippen LogP contribution in [0.4, 0.5) is 0 Å². The molecular weight excluding hydrogens is 148 g/mol. The number of allylic oxidation sites excluding steroid dienone is 1. The fourth-order valence-electron chi connectivity index (χ4n) is 0.347. The van der Waals surface area contributed by atoms with E-state index in [1.165, 1.54) is 5.57 Å². The smallest absolute Gasteiger partial charge is 0.214 e. The molecular formula is C7H12O2S. The van der Waals surface area contributed by atoms with E-state index in [1.807, 2.05) is 19.9 Å². The molecule has 0 aliphatic rings. The Morgan fingerprint density at radius 2 is 2.20 bits per heavy atom. The van der Waals surface area contributed by atoms with Crippen LogP contribution in [0.3, 0.4) is 0 Å². The Morgan fingerprint density at radius 3 is 2.60 bits per heavy atom. The van der Waals surface area contributed by atoms with Gasteiger partial charge in [-0.15, -0.1) is 0 Å². The Labute approximate surface area is 65.3 Å². The average molecular weight is 160 g/mol. The van der Waals surface area contributed by atoms with Crippen LogP contribution in [0.5, 0.6) is 0 Å². The second-order valence-electron chi connectivity index (χ2n) is 2.12. The molecule has 58 valence electrons. The molecule has 0 heterocycles. The van der Waals surface area contributed by atoms with Gasteiger partial charge in [0, 0.05) is 5.75 Å². The highest BCUT2D eigenvalue weighted by Crippen LogP contribution is 2.02. The normalized spacial score (nSPS) is 9.10. The van der Waals surface area contributed by atoms with Gasteiger partial charge in [-0.25, -0.2) is 0 Å². The number of carbonyl (C=O) groups excluding carboxylic acids is 1. The lowest BCUT2D eigenvalue weighted by molar-refractivity contribution is -0.113. The summed E-state index contributed by atoms with van der Waals surface area (Å²) >= 11 is 1.14. The van der Waals surface area contributed by atoms with E-state index in [2.05, 4.69) is 0 Å². The largest absolute Gasteiger partial charge is 0.388 e. The first kappa shape index (κ1) is 9.72. The van der Waals surface area contributed by atoms with E-state index < -0.39 is 0 Å². The highest BCUT2D eigenvalue weighted by molar-refractivity contribution is 8.13. The molecule has 1 N–H and O–H groups in total. The Bertz CT molecular complexity index is 137. The van der Waals surface area contributed by atoms with E-state index in [1.54, 1.807) is 0 Å². The van der Waals surface area contributed by atoms with E-state index in [9.17, 15) is 4.79 Å². The van der Waals surface area contributed by atoms with Crippen molar-refractivity contribution in [2.45, 2.75) is 13.8 Å². The Hall–Kier alpha value is -0.280. The second kappa shape index (κ2) is 5.50. The molecule has 0 fully saturated rings. The average Bonchev–Trinajstić information content (AvgIpc) is 1.87. The van der Waals surface area contributed by atoms with Crippen molar-refractivity contribution in [1.82, 2.24) is 0 Å². The summed E-state index contributed by atoms with van der Waals surface area (Å²) in [7, 11) is 0. The van der Waals surface area contributed by atoms with Crippen LogP contribution in [0, 0.1) is 0 Å². The molecule has 0 aliphatic heterocycles. The van der Waals surface area contributed by atoms with Crippen molar-refractivity contribution in [1.29, 1.82) is 0 Å². The summed E-state index contributed by atoms with van der Waals surface area (Å²) in [6.45, 7) is 3.59. The van der Waals surface area contributed by atoms with Gasteiger partial charge in [0.15, 0.2) is 0 Å². The molecule has 0 spiro atoms.